The molecule has 1 aromatic heterocycles. The van der Waals surface area contributed by atoms with Crippen LogP contribution in [0.2, 0.25) is 5.02 Å². The van der Waals surface area contributed by atoms with Gasteiger partial charge in [0.2, 0.25) is 4.74 Å². The molecule has 0 bridgehead atoms. The van der Waals surface area contributed by atoms with Gasteiger partial charge in [0.05, 0.1) is 25.2 Å². The molecule has 0 radical (unpaired) electrons. The molecule has 0 aliphatic rings. The van der Waals surface area contributed by atoms with E-state index in [0.29, 0.717) is 33.6 Å². The van der Waals surface area contributed by atoms with Gasteiger partial charge in [-0.3, -0.25) is 9.59 Å². The van der Waals surface area contributed by atoms with Crippen LogP contribution in [0.3, 0.4) is 0 Å². The quantitative estimate of drug-likeness (QED) is 0.364. The molecule has 8 heteroatoms. The minimum Gasteiger partial charge on any atom is -0.493 e. The molecule has 0 saturated heterocycles. The highest BCUT2D eigenvalue weighted by Gasteiger charge is 2.18. The van der Waals surface area contributed by atoms with E-state index in [1.807, 2.05) is 0 Å². The molecule has 3 rings (SSSR count). The Morgan fingerprint density at radius 3 is 2.48 bits per heavy atom. The first-order valence-corrected chi connectivity index (χ1v) is 8.83. The summed E-state index contributed by atoms with van der Waals surface area (Å²) in [5.74, 6) is 0.0317. The normalized spacial score (nSPS) is 10.5. The first-order chi connectivity index (χ1) is 13.0. The van der Waals surface area contributed by atoms with Crippen LogP contribution in [0.1, 0.15) is 20.0 Å². The zero-order chi connectivity index (χ0) is 19.6. The Kier molecular flexibility index (Phi) is 5.43. The Labute approximate surface area is 162 Å². The maximum absolute atomic E-state index is 12.6. The van der Waals surface area contributed by atoms with Crippen molar-refractivity contribution in [1.29, 1.82) is 0 Å². The number of esters is 1. The lowest BCUT2D eigenvalue weighted by molar-refractivity contribution is 0.0738. The van der Waals surface area contributed by atoms with E-state index in [0.717, 1.165) is 11.3 Å². The van der Waals surface area contributed by atoms with Gasteiger partial charge in [0.1, 0.15) is 10.6 Å². The second-order valence-electron chi connectivity index (χ2n) is 5.35. The summed E-state index contributed by atoms with van der Waals surface area (Å²) >= 11 is 6.55. The third kappa shape index (κ3) is 3.65. The van der Waals surface area contributed by atoms with E-state index in [1.165, 1.54) is 38.5 Å². The van der Waals surface area contributed by atoms with Crippen LogP contribution >= 0.6 is 22.9 Å². The zero-order valence-electron chi connectivity index (χ0n) is 14.3. The minimum atomic E-state index is -0.751. The van der Waals surface area contributed by atoms with Crippen molar-refractivity contribution in [3.63, 3.8) is 0 Å². The monoisotopic (exact) mass is 404 g/mol. The molecule has 138 valence electrons. The summed E-state index contributed by atoms with van der Waals surface area (Å²) in [5.41, 5.74) is 0.135. The summed E-state index contributed by atoms with van der Waals surface area (Å²) in [6, 6.07) is 9.13. The van der Waals surface area contributed by atoms with Gasteiger partial charge in [-0.05, 0) is 35.7 Å². The highest BCUT2D eigenvalue weighted by Crippen LogP contribution is 2.34. The number of aldehydes is 1. The van der Waals surface area contributed by atoms with Crippen molar-refractivity contribution in [3.05, 3.63) is 61.4 Å². The number of methoxy groups -OCH3 is 2. The molecule has 0 aliphatic heterocycles. The summed E-state index contributed by atoms with van der Waals surface area (Å²) in [6.07, 6.45) is 0.536. The third-order valence-electron chi connectivity index (χ3n) is 3.77. The molecule has 0 spiro atoms. The van der Waals surface area contributed by atoms with Crippen molar-refractivity contribution in [2.24, 2.45) is 0 Å². The molecule has 2 aromatic carbocycles. The van der Waals surface area contributed by atoms with E-state index < -0.39 is 5.97 Å². The Morgan fingerprint density at radius 2 is 1.81 bits per heavy atom. The third-order valence-corrected chi connectivity index (χ3v) is 4.90. The number of hydrogen-bond acceptors (Lipinski definition) is 7. The number of benzene rings is 2. The lowest BCUT2D eigenvalue weighted by Crippen LogP contribution is -2.11. The van der Waals surface area contributed by atoms with Crippen molar-refractivity contribution in [2.75, 3.05) is 14.2 Å². The molecule has 27 heavy (non-hydrogen) atoms. The number of carbonyl (C=O) groups excluding carboxylic acids is 2. The Hall–Kier alpha value is -2.90. The fourth-order valence-corrected chi connectivity index (χ4v) is 3.55. The molecule has 0 unspecified atom stereocenters. The topological polar surface area (TPSA) is 78.9 Å². The van der Waals surface area contributed by atoms with Crippen LogP contribution in [0.15, 0.2) is 41.2 Å². The van der Waals surface area contributed by atoms with Crippen LogP contribution in [0.25, 0.3) is 10.8 Å². The maximum Gasteiger partial charge on any atom is 0.353 e. The Morgan fingerprint density at radius 1 is 1.07 bits per heavy atom. The molecule has 3 aromatic rings. The Bertz CT molecular complexity index is 1110. The van der Waals surface area contributed by atoms with Crippen LogP contribution < -0.4 is 19.0 Å². The van der Waals surface area contributed by atoms with Gasteiger partial charge in [0.15, 0.2) is 17.8 Å². The predicted molar refractivity (Wildman–Crippen MR) is 103 cm³/mol. The smallest absolute Gasteiger partial charge is 0.353 e. The van der Waals surface area contributed by atoms with Gasteiger partial charge in [0, 0.05) is 5.02 Å². The largest absolute Gasteiger partial charge is 0.493 e. The van der Waals surface area contributed by atoms with Crippen LogP contribution in [0.5, 0.6) is 17.2 Å². The molecule has 0 N–H and O–H groups in total. The standard InChI is InChI=1S/C19H13ClO6S/c1-24-14-5-3-10-8-15(27-19(23)16(10)17(14)25-2)18(22)26-13-6-4-12(20)7-11(13)9-21/h3-9H,1-2H3. The number of hydrogen-bond donors (Lipinski definition) is 0. The van der Waals surface area contributed by atoms with Gasteiger partial charge in [-0.2, -0.15) is 0 Å². The second kappa shape index (κ2) is 7.77. The number of rotatable bonds is 5. The van der Waals surface area contributed by atoms with Gasteiger partial charge in [-0.25, -0.2) is 4.79 Å². The summed E-state index contributed by atoms with van der Waals surface area (Å²) < 4.78 is 15.4. The van der Waals surface area contributed by atoms with Gasteiger partial charge < -0.3 is 14.2 Å². The van der Waals surface area contributed by atoms with Crippen molar-refractivity contribution in [2.45, 2.75) is 0 Å². The predicted octanol–water partition coefficient (Wildman–Crippen LogP) is 3.96. The second-order valence-corrected chi connectivity index (χ2v) is 6.80. The summed E-state index contributed by atoms with van der Waals surface area (Å²) in [4.78, 5) is 36.3. The highest BCUT2D eigenvalue weighted by molar-refractivity contribution is 7.11. The Balaban J connectivity index is 2.04. The molecule has 0 atom stereocenters. The summed E-state index contributed by atoms with van der Waals surface area (Å²) in [7, 11) is 2.91. The lowest BCUT2D eigenvalue weighted by atomic mass is 10.1. The molecule has 6 nitrogen and oxygen atoms in total. The van der Waals surface area contributed by atoms with Crippen molar-refractivity contribution in [3.8, 4) is 17.2 Å². The van der Waals surface area contributed by atoms with E-state index in [-0.39, 0.29) is 20.9 Å². The van der Waals surface area contributed by atoms with Crippen LogP contribution in [0, 0.1) is 0 Å². The maximum atomic E-state index is 12.6. The average Bonchev–Trinajstić information content (AvgIpc) is 2.67. The van der Waals surface area contributed by atoms with E-state index in [2.05, 4.69) is 0 Å². The molecular weight excluding hydrogens is 392 g/mol. The first-order valence-electron chi connectivity index (χ1n) is 7.64. The average molecular weight is 405 g/mol. The minimum absolute atomic E-state index is 0.0615. The molecule has 0 saturated carbocycles. The van der Waals surface area contributed by atoms with E-state index in [1.54, 1.807) is 12.1 Å². The van der Waals surface area contributed by atoms with E-state index >= 15 is 0 Å². The fraction of sp³-hybridized carbons (Fsp3) is 0.105. The zero-order valence-corrected chi connectivity index (χ0v) is 15.8. The highest BCUT2D eigenvalue weighted by atomic mass is 35.5. The van der Waals surface area contributed by atoms with Crippen LogP contribution in [0.4, 0.5) is 0 Å². The lowest BCUT2D eigenvalue weighted by Gasteiger charge is -2.11. The van der Waals surface area contributed by atoms with E-state index in [4.69, 9.17) is 25.8 Å². The van der Waals surface area contributed by atoms with Gasteiger partial charge >= 0.3 is 5.97 Å². The summed E-state index contributed by atoms with van der Waals surface area (Å²) in [5, 5.41) is 1.17. The molecular formula is C19H13ClO6S. The molecule has 0 aliphatic carbocycles. The van der Waals surface area contributed by atoms with Gasteiger partial charge in [-0.1, -0.05) is 29.0 Å². The molecule has 0 amide bonds. The van der Waals surface area contributed by atoms with Crippen molar-refractivity contribution < 1.29 is 23.8 Å². The number of fused-ring (bicyclic) bond motifs is 1. The number of ether oxygens (including phenoxy) is 3. The van der Waals surface area contributed by atoms with Crippen molar-refractivity contribution in [1.82, 2.24) is 0 Å². The fourth-order valence-electron chi connectivity index (χ4n) is 2.55. The number of halogens is 1. The molecule has 0 fully saturated rings. The van der Waals surface area contributed by atoms with Crippen molar-refractivity contribution >= 4 is 46.0 Å². The summed E-state index contributed by atoms with van der Waals surface area (Å²) in [6.45, 7) is 0. The first kappa shape index (κ1) is 18.9. The number of carbonyl (C=O) groups is 2. The van der Waals surface area contributed by atoms with Gasteiger partial charge in [-0.15, -0.1) is 0 Å². The van der Waals surface area contributed by atoms with E-state index in [9.17, 15) is 14.4 Å². The van der Waals surface area contributed by atoms with Crippen LogP contribution in [-0.2, 0) is 0 Å². The van der Waals surface area contributed by atoms with Gasteiger partial charge in [0.25, 0.3) is 0 Å². The molecule has 1 heterocycles. The SMILES string of the molecule is COc1ccc2cc(C(=O)Oc3ccc(Cl)cc3C=O)sc(=O)c2c1OC. The van der Waals surface area contributed by atoms with Crippen LogP contribution in [-0.4, -0.2) is 26.5 Å².